The topological polar surface area (TPSA) is 45.1 Å². The fraction of sp³-hybridized carbons (Fsp3) is 0.846. The maximum Gasteiger partial charge on any atom is 0.410 e. The van der Waals surface area contributed by atoms with Crippen LogP contribution in [0.3, 0.4) is 0 Å². The molecule has 1 aliphatic heterocycles. The van der Waals surface area contributed by atoms with Crippen molar-refractivity contribution in [2.45, 2.75) is 39.7 Å². The molecule has 1 saturated heterocycles. The summed E-state index contributed by atoms with van der Waals surface area (Å²) in [4.78, 5) is 20.2. The molecule has 0 unspecified atom stereocenters. The maximum atomic E-state index is 12.0. The molecule has 104 valence electrons. The number of amidine groups is 1. The van der Waals surface area contributed by atoms with Crippen LogP contribution in [-0.4, -0.2) is 60.6 Å². The van der Waals surface area contributed by atoms with E-state index in [4.69, 9.17) is 4.74 Å². The van der Waals surface area contributed by atoms with Gasteiger partial charge in [0.25, 0.3) is 0 Å². The Morgan fingerprint density at radius 2 is 1.67 bits per heavy atom. The number of hydrogen-bond donors (Lipinski definition) is 0. The van der Waals surface area contributed by atoms with Crippen molar-refractivity contribution in [1.82, 2.24) is 9.80 Å². The Morgan fingerprint density at radius 3 is 2.22 bits per heavy atom. The fourth-order valence-electron chi connectivity index (χ4n) is 1.89. The van der Waals surface area contributed by atoms with Crippen molar-refractivity contribution >= 4 is 11.9 Å². The largest absolute Gasteiger partial charge is 0.444 e. The number of ether oxygens (including phenoxy) is 1. The van der Waals surface area contributed by atoms with E-state index in [0.717, 1.165) is 31.9 Å². The van der Waals surface area contributed by atoms with Gasteiger partial charge in [0, 0.05) is 33.2 Å². The Kier molecular flexibility index (Phi) is 4.99. The number of amides is 1. The molecule has 1 amide bonds. The van der Waals surface area contributed by atoms with Crippen molar-refractivity contribution in [3.05, 3.63) is 0 Å². The predicted molar refractivity (Wildman–Crippen MR) is 73.0 cm³/mol. The summed E-state index contributed by atoms with van der Waals surface area (Å²) < 4.78 is 5.39. The van der Waals surface area contributed by atoms with Gasteiger partial charge < -0.3 is 14.5 Å². The van der Waals surface area contributed by atoms with Gasteiger partial charge in [0.05, 0.1) is 5.84 Å². The third-order valence-electron chi connectivity index (χ3n) is 2.93. The maximum absolute atomic E-state index is 12.0. The second-order valence-corrected chi connectivity index (χ2v) is 5.58. The number of hydrogen-bond acceptors (Lipinski definition) is 3. The Hall–Kier alpha value is -1.26. The van der Waals surface area contributed by atoms with Crippen LogP contribution in [0.1, 0.15) is 34.1 Å². The van der Waals surface area contributed by atoms with E-state index >= 15 is 0 Å². The van der Waals surface area contributed by atoms with E-state index in [1.54, 1.807) is 11.9 Å². The Balaban J connectivity index is 2.54. The molecule has 1 heterocycles. The molecule has 18 heavy (non-hydrogen) atoms. The van der Waals surface area contributed by atoms with Gasteiger partial charge in [0.1, 0.15) is 5.60 Å². The molecule has 5 heteroatoms. The summed E-state index contributed by atoms with van der Waals surface area (Å²) >= 11 is 0. The second-order valence-electron chi connectivity index (χ2n) is 5.58. The summed E-state index contributed by atoms with van der Waals surface area (Å²) in [6.45, 7) is 10.9. The fourth-order valence-corrected chi connectivity index (χ4v) is 1.89. The SMILES string of the molecule is CN=C(C)N1CCCN(C(=O)OC(C)(C)C)CC1. The van der Waals surface area contributed by atoms with Crippen molar-refractivity contribution in [2.75, 3.05) is 33.2 Å². The van der Waals surface area contributed by atoms with Crippen molar-refractivity contribution in [2.24, 2.45) is 4.99 Å². The molecule has 0 aromatic rings. The van der Waals surface area contributed by atoms with E-state index in [0.29, 0.717) is 6.54 Å². The third kappa shape index (κ3) is 4.55. The summed E-state index contributed by atoms with van der Waals surface area (Å²) in [5.74, 6) is 1.03. The average molecular weight is 255 g/mol. The van der Waals surface area contributed by atoms with Gasteiger partial charge in [-0.25, -0.2) is 4.79 Å². The van der Waals surface area contributed by atoms with Gasteiger partial charge >= 0.3 is 6.09 Å². The first-order valence-electron chi connectivity index (χ1n) is 6.50. The van der Waals surface area contributed by atoms with Crippen molar-refractivity contribution in [1.29, 1.82) is 0 Å². The summed E-state index contributed by atoms with van der Waals surface area (Å²) in [5.41, 5.74) is -0.427. The number of carbonyl (C=O) groups is 1. The molecule has 5 nitrogen and oxygen atoms in total. The van der Waals surface area contributed by atoms with Crippen molar-refractivity contribution < 1.29 is 9.53 Å². The molecular weight excluding hydrogens is 230 g/mol. The van der Waals surface area contributed by atoms with E-state index in [-0.39, 0.29) is 6.09 Å². The molecule has 1 aliphatic rings. The zero-order chi connectivity index (χ0) is 13.8. The molecule has 0 spiro atoms. The Labute approximate surface area is 110 Å². The number of carbonyl (C=O) groups excluding carboxylic acids is 1. The van der Waals surface area contributed by atoms with Crippen LogP contribution in [0.15, 0.2) is 4.99 Å². The quantitative estimate of drug-likeness (QED) is 0.491. The Morgan fingerprint density at radius 1 is 1.11 bits per heavy atom. The molecule has 0 aliphatic carbocycles. The van der Waals surface area contributed by atoms with Crippen LogP contribution in [0.4, 0.5) is 4.79 Å². The van der Waals surface area contributed by atoms with Gasteiger partial charge in [0.15, 0.2) is 0 Å². The molecule has 0 saturated carbocycles. The molecule has 0 atom stereocenters. The third-order valence-corrected chi connectivity index (χ3v) is 2.93. The van der Waals surface area contributed by atoms with Gasteiger partial charge in [-0.2, -0.15) is 0 Å². The minimum Gasteiger partial charge on any atom is -0.444 e. The lowest BCUT2D eigenvalue weighted by molar-refractivity contribution is 0.0260. The standard InChI is InChI=1S/C13H25N3O2/c1-11(14-5)15-7-6-8-16(10-9-15)12(17)18-13(2,3)4/h6-10H2,1-5H3. The van der Waals surface area contributed by atoms with Gasteiger partial charge in [-0.05, 0) is 34.1 Å². The summed E-state index contributed by atoms with van der Waals surface area (Å²) in [7, 11) is 1.80. The summed E-state index contributed by atoms with van der Waals surface area (Å²) in [6, 6.07) is 0. The minimum absolute atomic E-state index is 0.213. The molecule has 0 N–H and O–H groups in total. The molecule has 0 aromatic heterocycles. The van der Waals surface area contributed by atoms with Crippen molar-refractivity contribution in [3.63, 3.8) is 0 Å². The van der Waals surface area contributed by atoms with Crippen LogP contribution in [0.5, 0.6) is 0 Å². The lowest BCUT2D eigenvalue weighted by Crippen LogP contribution is -2.39. The van der Waals surface area contributed by atoms with Crippen LogP contribution in [0, 0.1) is 0 Å². The average Bonchev–Trinajstić information content (AvgIpc) is 2.51. The first kappa shape index (κ1) is 14.8. The highest BCUT2D eigenvalue weighted by Gasteiger charge is 2.24. The van der Waals surface area contributed by atoms with Crippen LogP contribution >= 0.6 is 0 Å². The lowest BCUT2D eigenvalue weighted by atomic mass is 10.2. The second kappa shape index (κ2) is 6.07. The first-order valence-corrected chi connectivity index (χ1v) is 6.50. The highest BCUT2D eigenvalue weighted by Crippen LogP contribution is 2.12. The normalized spacial score (nSPS) is 18.6. The highest BCUT2D eigenvalue weighted by molar-refractivity contribution is 5.79. The monoisotopic (exact) mass is 255 g/mol. The van der Waals surface area contributed by atoms with Crippen LogP contribution in [-0.2, 0) is 4.74 Å². The zero-order valence-electron chi connectivity index (χ0n) is 12.2. The van der Waals surface area contributed by atoms with Gasteiger partial charge in [-0.15, -0.1) is 0 Å². The summed E-state index contributed by atoms with van der Waals surface area (Å²) in [5, 5.41) is 0. The number of rotatable bonds is 0. The molecular formula is C13H25N3O2. The number of aliphatic imine (C=N–C) groups is 1. The van der Waals surface area contributed by atoms with E-state index < -0.39 is 5.60 Å². The Bertz CT molecular complexity index is 321. The van der Waals surface area contributed by atoms with Gasteiger partial charge in [-0.3, -0.25) is 4.99 Å². The lowest BCUT2D eigenvalue weighted by Gasteiger charge is -2.26. The number of nitrogens with zero attached hydrogens (tertiary/aromatic N) is 3. The molecule has 1 fully saturated rings. The smallest absolute Gasteiger partial charge is 0.410 e. The van der Waals surface area contributed by atoms with Crippen LogP contribution < -0.4 is 0 Å². The molecule has 0 bridgehead atoms. The predicted octanol–water partition coefficient (Wildman–Crippen LogP) is 1.98. The van der Waals surface area contributed by atoms with Crippen molar-refractivity contribution in [3.8, 4) is 0 Å². The van der Waals surface area contributed by atoms with Gasteiger partial charge in [-0.1, -0.05) is 0 Å². The van der Waals surface area contributed by atoms with Crippen LogP contribution in [0.2, 0.25) is 0 Å². The highest BCUT2D eigenvalue weighted by atomic mass is 16.6. The molecule has 0 radical (unpaired) electrons. The van der Waals surface area contributed by atoms with Gasteiger partial charge in [0.2, 0.25) is 0 Å². The van der Waals surface area contributed by atoms with E-state index in [2.05, 4.69) is 9.89 Å². The molecule has 1 rings (SSSR count). The first-order chi connectivity index (χ1) is 8.33. The van der Waals surface area contributed by atoms with E-state index in [9.17, 15) is 4.79 Å². The zero-order valence-corrected chi connectivity index (χ0v) is 12.2. The van der Waals surface area contributed by atoms with E-state index in [1.807, 2.05) is 27.7 Å². The van der Waals surface area contributed by atoms with E-state index in [1.165, 1.54) is 0 Å². The van der Waals surface area contributed by atoms with Crippen LogP contribution in [0.25, 0.3) is 0 Å². The summed E-state index contributed by atoms with van der Waals surface area (Å²) in [6.07, 6.45) is 0.738. The minimum atomic E-state index is -0.427. The molecule has 0 aromatic carbocycles.